The Labute approximate surface area is 117 Å². The molecular weight excluding hydrogens is 260 g/mol. The highest BCUT2D eigenvalue weighted by atomic mass is 28.4. The van der Waals surface area contributed by atoms with Crippen molar-refractivity contribution in [2.45, 2.75) is 33.2 Å². The lowest BCUT2D eigenvalue weighted by molar-refractivity contribution is 0.0710. The largest absolute Gasteiger partial charge is 0.500 e. The third kappa shape index (κ3) is 5.77. The summed E-state index contributed by atoms with van der Waals surface area (Å²) in [6.45, 7) is 8.73. The van der Waals surface area contributed by atoms with Crippen molar-refractivity contribution in [1.29, 1.82) is 0 Å². The van der Waals surface area contributed by atoms with Crippen molar-refractivity contribution in [1.82, 2.24) is 4.68 Å². The molecule has 1 aromatic rings. The van der Waals surface area contributed by atoms with Crippen LogP contribution in [0.3, 0.4) is 0 Å². The zero-order chi connectivity index (χ0) is 14.0. The minimum absolute atomic E-state index is 0.636. The van der Waals surface area contributed by atoms with E-state index in [-0.39, 0.29) is 0 Å². The highest BCUT2D eigenvalue weighted by molar-refractivity contribution is 6.60. The predicted octanol–water partition coefficient (Wildman–Crippen LogP) is 2.47. The minimum Gasteiger partial charge on any atom is -0.374 e. The summed E-state index contributed by atoms with van der Waals surface area (Å²) in [4.78, 5) is 0. The maximum atomic E-state index is 5.81. The SMILES string of the molecule is CCO[Si](CCCNn1cccc1)(OCC)OCC. The Hall–Kier alpha value is -0.823. The van der Waals surface area contributed by atoms with Gasteiger partial charge in [-0.15, -0.1) is 0 Å². The van der Waals surface area contributed by atoms with Crippen LogP contribution in [0, 0.1) is 0 Å². The summed E-state index contributed by atoms with van der Waals surface area (Å²) < 4.78 is 19.4. The van der Waals surface area contributed by atoms with Crippen molar-refractivity contribution in [3.05, 3.63) is 24.5 Å². The van der Waals surface area contributed by atoms with Crippen LogP contribution >= 0.6 is 0 Å². The fourth-order valence-corrected chi connectivity index (χ4v) is 4.57. The van der Waals surface area contributed by atoms with Gasteiger partial charge in [0, 0.05) is 44.8 Å². The molecule has 0 fully saturated rings. The molecule has 5 nitrogen and oxygen atoms in total. The Kier molecular flexibility index (Phi) is 7.81. The molecule has 0 saturated heterocycles. The van der Waals surface area contributed by atoms with Gasteiger partial charge in [-0.25, -0.2) is 0 Å². The number of aromatic nitrogens is 1. The number of nitrogens with one attached hydrogen (secondary N) is 1. The highest BCUT2D eigenvalue weighted by Gasteiger charge is 2.39. The van der Waals surface area contributed by atoms with Gasteiger partial charge in [0.25, 0.3) is 0 Å². The first-order valence-electron chi connectivity index (χ1n) is 7.05. The van der Waals surface area contributed by atoms with Gasteiger partial charge in [0.15, 0.2) is 0 Å². The number of nitrogens with zero attached hydrogens (tertiary/aromatic N) is 1. The van der Waals surface area contributed by atoms with Gasteiger partial charge in [0.05, 0.1) is 0 Å². The first-order valence-corrected chi connectivity index (χ1v) is 8.98. The van der Waals surface area contributed by atoms with Gasteiger partial charge < -0.3 is 18.7 Å². The molecule has 1 rings (SSSR count). The zero-order valence-corrected chi connectivity index (χ0v) is 13.2. The van der Waals surface area contributed by atoms with Gasteiger partial charge >= 0.3 is 8.80 Å². The van der Waals surface area contributed by atoms with Crippen LogP contribution in [-0.2, 0) is 13.3 Å². The van der Waals surface area contributed by atoms with Crippen LogP contribution in [0.1, 0.15) is 27.2 Å². The molecule has 1 aromatic heterocycles. The second-order valence-electron chi connectivity index (χ2n) is 4.08. The lowest BCUT2D eigenvalue weighted by Gasteiger charge is -2.28. The van der Waals surface area contributed by atoms with Crippen LogP contribution in [0.2, 0.25) is 6.04 Å². The number of hydrogen-bond acceptors (Lipinski definition) is 4. The van der Waals surface area contributed by atoms with E-state index in [1.807, 2.05) is 50.0 Å². The standard InChI is InChI=1S/C13H26N2O3Si/c1-4-16-19(17-5-2,18-6-3)13-9-10-14-15-11-7-8-12-15/h7-8,11-12,14H,4-6,9-10,13H2,1-3H3. The first kappa shape index (κ1) is 16.2. The van der Waals surface area contributed by atoms with Gasteiger partial charge in [0.1, 0.15) is 0 Å². The molecule has 0 spiro atoms. The summed E-state index contributed by atoms with van der Waals surface area (Å²) in [5.74, 6) is 0. The summed E-state index contributed by atoms with van der Waals surface area (Å²) in [5.41, 5.74) is 3.30. The van der Waals surface area contributed by atoms with Crippen LogP contribution < -0.4 is 5.43 Å². The second kappa shape index (κ2) is 9.14. The first-order chi connectivity index (χ1) is 9.26. The van der Waals surface area contributed by atoms with Gasteiger partial charge in [-0.05, 0) is 39.3 Å². The molecule has 1 heterocycles. The fourth-order valence-electron chi connectivity index (χ4n) is 1.95. The van der Waals surface area contributed by atoms with Crippen LogP contribution in [0.25, 0.3) is 0 Å². The van der Waals surface area contributed by atoms with E-state index >= 15 is 0 Å². The molecule has 110 valence electrons. The molecule has 0 aliphatic carbocycles. The van der Waals surface area contributed by atoms with Crippen molar-refractivity contribution in [3.8, 4) is 0 Å². The van der Waals surface area contributed by atoms with Gasteiger partial charge in [-0.1, -0.05) is 0 Å². The third-order valence-corrected chi connectivity index (χ3v) is 5.80. The van der Waals surface area contributed by atoms with Crippen molar-refractivity contribution in [2.24, 2.45) is 0 Å². The maximum Gasteiger partial charge on any atom is 0.500 e. The number of hydrogen-bond donors (Lipinski definition) is 1. The van der Waals surface area contributed by atoms with Gasteiger partial charge in [-0.3, -0.25) is 4.68 Å². The predicted molar refractivity (Wildman–Crippen MR) is 78.7 cm³/mol. The molecule has 0 aromatic carbocycles. The van der Waals surface area contributed by atoms with Gasteiger partial charge in [0.2, 0.25) is 0 Å². The van der Waals surface area contributed by atoms with E-state index in [4.69, 9.17) is 13.3 Å². The average Bonchev–Trinajstić information content (AvgIpc) is 2.89. The highest BCUT2D eigenvalue weighted by Crippen LogP contribution is 2.17. The molecule has 0 saturated carbocycles. The van der Waals surface area contributed by atoms with E-state index in [0.717, 1.165) is 19.0 Å². The Morgan fingerprint density at radius 3 is 1.95 bits per heavy atom. The van der Waals surface area contributed by atoms with E-state index in [9.17, 15) is 0 Å². The minimum atomic E-state index is -2.47. The molecule has 6 heteroatoms. The van der Waals surface area contributed by atoms with E-state index in [2.05, 4.69) is 5.43 Å². The summed E-state index contributed by atoms with van der Waals surface area (Å²) in [7, 11) is -2.47. The van der Waals surface area contributed by atoms with E-state index in [1.165, 1.54) is 0 Å². The van der Waals surface area contributed by atoms with Crippen LogP contribution in [0.5, 0.6) is 0 Å². The van der Waals surface area contributed by atoms with Crippen molar-refractivity contribution in [2.75, 3.05) is 31.8 Å². The molecule has 0 bridgehead atoms. The second-order valence-corrected chi connectivity index (χ2v) is 6.82. The molecular formula is C13H26N2O3Si. The summed E-state index contributed by atoms with van der Waals surface area (Å²) >= 11 is 0. The fraction of sp³-hybridized carbons (Fsp3) is 0.692. The van der Waals surface area contributed by atoms with E-state index in [1.54, 1.807) is 0 Å². The van der Waals surface area contributed by atoms with Crippen LogP contribution in [-0.4, -0.2) is 39.8 Å². The Balaban J connectivity index is 2.37. The molecule has 0 aliphatic rings. The summed E-state index contributed by atoms with van der Waals surface area (Å²) in [6, 6.07) is 4.83. The summed E-state index contributed by atoms with van der Waals surface area (Å²) in [5, 5.41) is 0. The molecule has 0 aliphatic heterocycles. The Morgan fingerprint density at radius 2 is 1.47 bits per heavy atom. The quantitative estimate of drug-likeness (QED) is 0.501. The average molecular weight is 286 g/mol. The Bertz CT molecular complexity index is 303. The van der Waals surface area contributed by atoms with Gasteiger partial charge in [-0.2, -0.15) is 0 Å². The molecule has 0 radical (unpaired) electrons. The zero-order valence-electron chi connectivity index (χ0n) is 12.2. The van der Waals surface area contributed by atoms with E-state index < -0.39 is 8.80 Å². The molecule has 0 atom stereocenters. The van der Waals surface area contributed by atoms with Crippen molar-refractivity contribution in [3.63, 3.8) is 0 Å². The normalized spacial score (nSPS) is 11.7. The van der Waals surface area contributed by atoms with Crippen molar-refractivity contribution < 1.29 is 13.3 Å². The molecule has 0 unspecified atom stereocenters. The Morgan fingerprint density at radius 1 is 0.947 bits per heavy atom. The smallest absolute Gasteiger partial charge is 0.374 e. The monoisotopic (exact) mass is 286 g/mol. The number of rotatable bonds is 11. The molecule has 1 N–H and O–H groups in total. The molecule has 0 amide bonds. The lowest BCUT2D eigenvalue weighted by Crippen LogP contribution is -2.46. The summed E-state index contributed by atoms with van der Waals surface area (Å²) in [6.07, 6.45) is 4.93. The van der Waals surface area contributed by atoms with E-state index in [0.29, 0.717) is 19.8 Å². The third-order valence-electron chi connectivity index (χ3n) is 2.65. The van der Waals surface area contributed by atoms with Crippen molar-refractivity contribution >= 4 is 8.80 Å². The maximum absolute atomic E-state index is 5.81. The lowest BCUT2D eigenvalue weighted by atomic mass is 10.5. The van der Waals surface area contributed by atoms with Crippen LogP contribution in [0.4, 0.5) is 0 Å². The van der Waals surface area contributed by atoms with Crippen LogP contribution in [0.15, 0.2) is 24.5 Å². The topological polar surface area (TPSA) is 44.7 Å². The molecule has 19 heavy (non-hydrogen) atoms.